The Bertz CT molecular complexity index is 1200. The van der Waals surface area contributed by atoms with Gasteiger partial charge in [-0.15, -0.1) is 11.3 Å². The summed E-state index contributed by atoms with van der Waals surface area (Å²) in [5.41, 5.74) is 1.35. The Balaban J connectivity index is 1.35. The van der Waals surface area contributed by atoms with Crippen LogP contribution >= 0.6 is 23.1 Å². The van der Waals surface area contributed by atoms with Gasteiger partial charge in [0.25, 0.3) is 11.1 Å². The van der Waals surface area contributed by atoms with E-state index in [0.29, 0.717) is 21.1 Å². The van der Waals surface area contributed by atoms with Crippen LogP contribution < -0.4 is 5.32 Å². The highest BCUT2D eigenvalue weighted by molar-refractivity contribution is 8.14. The fraction of sp³-hybridized carbons (Fsp3) is 0.250. The summed E-state index contributed by atoms with van der Waals surface area (Å²) in [7, 11) is 0. The van der Waals surface area contributed by atoms with Crippen LogP contribution in [-0.2, 0) is 14.3 Å². The number of thiophene rings is 1. The van der Waals surface area contributed by atoms with Gasteiger partial charge in [0.1, 0.15) is 15.5 Å². The molecular weight excluding hydrogens is 459 g/mol. The molecule has 0 atom stereocenters. The van der Waals surface area contributed by atoms with Crippen LogP contribution in [0.3, 0.4) is 0 Å². The number of esters is 1. The molecule has 2 aromatic heterocycles. The Labute approximate surface area is 189 Å². The van der Waals surface area contributed by atoms with Crippen LogP contribution in [0.25, 0.3) is 15.9 Å². The first-order chi connectivity index (χ1) is 15.3. The largest absolute Gasteiger partial charge is 0.451 e. The average Bonchev–Trinajstić information content (AvgIpc) is 3.43. The van der Waals surface area contributed by atoms with Gasteiger partial charge >= 0.3 is 5.97 Å². The van der Waals surface area contributed by atoms with Crippen LogP contribution in [0.2, 0.25) is 0 Å². The second kappa shape index (κ2) is 9.09. The summed E-state index contributed by atoms with van der Waals surface area (Å²) in [6.45, 7) is 1.45. The van der Waals surface area contributed by atoms with E-state index in [1.54, 1.807) is 29.8 Å². The first kappa shape index (κ1) is 22.0. The van der Waals surface area contributed by atoms with Gasteiger partial charge in [-0.25, -0.2) is 13.9 Å². The summed E-state index contributed by atoms with van der Waals surface area (Å²) < 4.78 is 19.9. The number of carbonyl (C=O) groups excluding carboxylic acids is 4. The summed E-state index contributed by atoms with van der Waals surface area (Å²) >= 11 is 2.08. The lowest BCUT2D eigenvalue weighted by atomic mass is 10.3. The minimum Gasteiger partial charge on any atom is -0.451 e. The zero-order chi connectivity index (χ0) is 22.8. The highest BCUT2D eigenvalue weighted by atomic mass is 32.2. The standard InChI is InChI=1S/C20H17FN4O5S2/c1-11-14-8-15(32-18(14)25(23-11)13-4-2-12(21)3-5-13)19(28)30-9-16(26)22-6-7-24-17(27)10-31-20(24)29/h2-5,8H,6-7,9-10H2,1H3,(H,22,26). The summed E-state index contributed by atoms with van der Waals surface area (Å²) in [6.07, 6.45) is 0. The highest BCUT2D eigenvalue weighted by Gasteiger charge is 2.29. The van der Waals surface area contributed by atoms with E-state index in [0.717, 1.165) is 33.4 Å². The summed E-state index contributed by atoms with van der Waals surface area (Å²) in [4.78, 5) is 49.4. The second-order valence-corrected chi connectivity index (χ2v) is 8.79. The van der Waals surface area contributed by atoms with Gasteiger partial charge in [0, 0.05) is 18.5 Å². The van der Waals surface area contributed by atoms with Crippen molar-refractivity contribution in [3.63, 3.8) is 0 Å². The minimum absolute atomic E-state index is 0.0693. The van der Waals surface area contributed by atoms with Gasteiger partial charge in [-0.3, -0.25) is 19.3 Å². The van der Waals surface area contributed by atoms with Crippen molar-refractivity contribution in [1.82, 2.24) is 20.0 Å². The molecule has 0 bridgehead atoms. The van der Waals surface area contributed by atoms with E-state index in [9.17, 15) is 23.6 Å². The summed E-state index contributed by atoms with van der Waals surface area (Å²) in [5, 5.41) is 7.37. The van der Waals surface area contributed by atoms with E-state index in [1.807, 2.05) is 0 Å². The van der Waals surface area contributed by atoms with Crippen molar-refractivity contribution in [2.75, 3.05) is 25.4 Å². The smallest absolute Gasteiger partial charge is 0.348 e. The Morgan fingerprint density at radius 1 is 1.25 bits per heavy atom. The predicted octanol–water partition coefficient (Wildman–Crippen LogP) is 2.50. The number of aryl methyl sites for hydroxylation is 1. The Morgan fingerprint density at radius 3 is 2.69 bits per heavy atom. The third kappa shape index (κ3) is 4.50. The molecule has 0 unspecified atom stereocenters. The monoisotopic (exact) mass is 476 g/mol. The van der Waals surface area contributed by atoms with Crippen molar-refractivity contribution in [2.45, 2.75) is 6.92 Å². The van der Waals surface area contributed by atoms with Gasteiger partial charge in [-0.2, -0.15) is 5.10 Å². The third-order valence-electron chi connectivity index (χ3n) is 4.65. The minimum atomic E-state index is -0.660. The van der Waals surface area contributed by atoms with Crippen molar-refractivity contribution >= 4 is 56.3 Å². The van der Waals surface area contributed by atoms with Gasteiger partial charge in [0.15, 0.2) is 6.61 Å². The van der Waals surface area contributed by atoms with Crippen LogP contribution in [0.5, 0.6) is 0 Å². The number of hydrogen-bond acceptors (Lipinski definition) is 8. The van der Waals surface area contributed by atoms with Crippen molar-refractivity contribution in [2.24, 2.45) is 0 Å². The van der Waals surface area contributed by atoms with E-state index >= 15 is 0 Å². The Kier molecular flexibility index (Phi) is 6.24. The number of rotatable bonds is 7. The van der Waals surface area contributed by atoms with E-state index in [2.05, 4.69) is 10.4 Å². The zero-order valence-electron chi connectivity index (χ0n) is 16.8. The zero-order valence-corrected chi connectivity index (χ0v) is 18.4. The van der Waals surface area contributed by atoms with E-state index < -0.39 is 18.5 Å². The first-order valence-electron chi connectivity index (χ1n) is 9.49. The Hall–Kier alpha value is -3.25. The maximum absolute atomic E-state index is 13.2. The van der Waals surface area contributed by atoms with Gasteiger partial charge in [-0.05, 0) is 37.3 Å². The van der Waals surface area contributed by atoms with Crippen molar-refractivity contribution in [3.8, 4) is 5.69 Å². The van der Waals surface area contributed by atoms with Gasteiger partial charge < -0.3 is 10.1 Å². The normalized spacial score (nSPS) is 13.8. The average molecular weight is 477 g/mol. The molecular formula is C20H17FN4O5S2. The summed E-state index contributed by atoms with van der Waals surface area (Å²) in [6, 6.07) is 7.48. The highest BCUT2D eigenvalue weighted by Crippen LogP contribution is 2.30. The van der Waals surface area contributed by atoms with Crippen molar-refractivity contribution < 1.29 is 28.3 Å². The number of nitrogens with zero attached hydrogens (tertiary/aromatic N) is 3. The van der Waals surface area contributed by atoms with Crippen LogP contribution in [0.1, 0.15) is 15.4 Å². The number of thioether (sulfide) groups is 1. The summed E-state index contributed by atoms with van der Waals surface area (Å²) in [5.74, 6) is -1.74. The van der Waals surface area contributed by atoms with Crippen LogP contribution in [0, 0.1) is 12.7 Å². The van der Waals surface area contributed by atoms with Gasteiger partial charge in [0.2, 0.25) is 5.91 Å². The van der Waals surface area contributed by atoms with Crippen LogP contribution in [0.4, 0.5) is 9.18 Å². The molecule has 9 nitrogen and oxygen atoms in total. The molecule has 1 aromatic carbocycles. The van der Waals surface area contributed by atoms with Crippen LogP contribution in [-0.4, -0.2) is 63.2 Å². The number of carbonyl (C=O) groups is 4. The molecule has 3 aromatic rings. The van der Waals surface area contributed by atoms with Crippen LogP contribution in [0.15, 0.2) is 30.3 Å². The van der Waals surface area contributed by atoms with Gasteiger partial charge in [0.05, 0.1) is 17.1 Å². The molecule has 0 radical (unpaired) electrons. The maximum Gasteiger partial charge on any atom is 0.348 e. The Morgan fingerprint density at radius 2 is 2.00 bits per heavy atom. The van der Waals surface area contributed by atoms with Gasteiger partial charge in [-0.1, -0.05) is 11.8 Å². The molecule has 166 valence electrons. The molecule has 3 amide bonds. The lowest BCUT2D eigenvalue weighted by Gasteiger charge is -2.13. The maximum atomic E-state index is 13.2. The molecule has 0 spiro atoms. The molecule has 1 fully saturated rings. The number of halogens is 1. The number of benzene rings is 1. The molecule has 3 heterocycles. The van der Waals surface area contributed by atoms with E-state index in [4.69, 9.17) is 4.74 Å². The second-order valence-electron chi connectivity index (χ2n) is 6.83. The third-order valence-corrected chi connectivity index (χ3v) is 6.60. The molecule has 32 heavy (non-hydrogen) atoms. The number of hydrogen-bond donors (Lipinski definition) is 1. The van der Waals surface area contributed by atoms with E-state index in [1.165, 1.54) is 12.1 Å². The first-order valence-corrected chi connectivity index (χ1v) is 11.3. The topological polar surface area (TPSA) is 111 Å². The van der Waals surface area contributed by atoms with Crippen molar-refractivity contribution in [3.05, 3.63) is 46.7 Å². The quantitative estimate of drug-likeness (QED) is 0.522. The SMILES string of the molecule is Cc1nn(-c2ccc(F)cc2)c2sc(C(=O)OCC(=O)NCCN3C(=O)CSC3=O)cc12. The molecule has 1 aliphatic heterocycles. The van der Waals surface area contributed by atoms with Crippen molar-refractivity contribution in [1.29, 1.82) is 0 Å². The molecule has 0 aliphatic carbocycles. The lowest BCUT2D eigenvalue weighted by Crippen LogP contribution is -2.38. The lowest BCUT2D eigenvalue weighted by molar-refractivity contribution is -0.126. The molecule has 1 saturated heterocycles. The molecule has 0 saturated carbocycles. The van der Waals surface area contributed by atoms with E-state index in [-0.39, 0.29) is 35.8 Å². The fourth-order valence-electron chi connectivity index (χ4n) is 3.06. The number of fused-ring (bicyclic) bond motifs is 1. The number of ether oxygens (including phenoxy) is 1. The molecule has 1 N–H and O–H groups in total. The number of aromatic nitrogens is 2. The molecule has 1 aliphatic rings. The molecule has 12 heteroatoms. The fourth-order valence-corrected chi connectivity index (χ4v) is 4.89. The predicted molar refractivity (Wildman–Crippen MR) is 117 cm³/mol. The number of nitrogens with one attached hydrogen (secondary N) is 1. The number of amides is 3. The number of imide groups is 1. The molecule has 4 rings (SSSR count).